The average Bonchev–Trinajstić information content (AvgIpc) is 2.25. The molecule has 0 saturated carbocycles. The molecule has 0 saturated heterocycles. The number of nitrogens with one attached hydrogen (secondary N) is 2. The quantitative estimate of drug-likeness (QED) is 0.467. The first kappa shape index (κ1) is 16.8. The van der Waals surface area contributed by atoms with Gasteiger partial charge in [-0.15, -0.1) is 0 Å². The molecule has 0 heterocycles. The molecule has 0 amide bonds. The van der Waals surface area contributed by atoms with E-state index in [1.165, 1.54) is 0 Å². The molecule has 0 atom stereocenters. The number of hydrogen-bond donors (Lipinski definition) is 3. The van der Waals surface area contributed by atoms with Crippen molar-refractivity contribution in [3.63, 3.8) is 0 Å². The van der Waals surface area contributed by atoms with E-state index < -0.39 is 25.9 Å². The first-order chi connectivity index (χ1) is 9.10. The Hall–Kier alpha value is -1.23. The fourth-order valence-electron chi connectivity index (χ4n) is 1.38. The summed E-state index contributed by atoms with van der Waals surface area (Å²) in [5.74, 6) is -0.746. The van der Waals surface area contributed by atoms with Crippen molar-refractivity contribution in [2.75, 3.05) is 25.1 Å². The van der Waals surface area contributed by atoms with Gasteiger partial charge in [-0.25, -0.2) is 30.7 Å². The second kappa shape index (κ2) is 6.48. The molecule has 114 valence electrons. The number of hydrogen-bond acceptors (Lipinski definition) is 5. The highest BCUT2D eigenvalue weighted by atomic mass is 32.2. The Labute approximate surface area is 117 Å². The maximum Gasteiger partial charge on any atom is 0.240 e. The van der Waals surface area contributed by atoms with Gasteiger partial charge in [0.2, 0.25) is 20.0 Å². The van der Waals surface area contributed by atoms with Crippen molar-refractivity contribution in [3.05, 3.63) is 24.0 Å². The van der Waals surface area contributed by atoms with Gasteiger partial charge >= 0.3 is 0 Å². The number of rotatable bonds is 7. The summed E-state index contributed by atoms with van der Waals surface area (Å²) in [6.45, 7) is 0.119. The second-order valence-corrected chi connectivity index (χ2v) is 7.74. The minimum absolute atomic E-state index is 0.00381. The molecular weight excluding hydrogens is 309 g/mol. The highest BCUT2D eigenvalue weighted by Crippen LogP contribution is 2.15. The van der Waals surface area contributed by atoms with Crippen LogP contribution < -0.4 is 15.2 Å². The Morgan fingerprint density at radius 1 is 1.10 bits per heavy atom. The molecule has 0 fully saturated rings. The van der Waals surface area contributed by atoms with E-state index >= 15 is 0 Å². The topological polar surface area (TPSA) is 118 Å². The Kier molecular flexibility index (Phi) is 5.45. The highest BCUT2D eigenvalue weighted by Gasteiger charge is 2.15. The molecule has 4 N–H and O–H groups in total. The van der Waals surface area contributed by atoms with Crippen LogP contribution in [-0.4, -0.2) is 36.2 Å². The van der Waals surface area contributed by atoms with Crippen LogP contribution in [0.2, 0.25) is 0 Å². The van der Waals surface area contributed by atoms with Crippen LogP contribution in [0.3, 0.4) is 0 Å². The van der Waals surface area contributed by atoms with Gasteiger partial charge < -0.3 is 5.73 Å². The van der Waals surface area contributed by atoms with E-state index in [-0.39, 0.29) is 30.1 Å². The molecule has 0 aliphatic heterocycles. The van der Waals surface area contributed by atoms with Crippen LogP contribution in [0.5, 0.6) is 0 Å². The average molecular weight is 325 g/mol. The van der Waals surface area contributed by atoms with Crippen molar-refractivity contribution in [1.29, 1.82) is 0 Å². The highest BCUT2D eigenvalue weighted by molar-refractivity contribution is 7.89. The second-order valence-electron chi connectivity index (χ2n) is 4.14. The molecular formula is C10H16FN3O4S2. The normalized spacial score (nSPS) is 12.5. The van der Waals surface area contributed by atoms with Gasteiger partial charge in [-0.2, -0.15) is 0 Å². The Morgan fingerprint density at radius 3 is 2.25 bits per heavy atom. The monoisotopic (exact) mass is 325 g/mol. The Balaban J connectivity index is 2.58. The largest absolute Gasteiger partial charge is 0.399 e. The van der Waals surface area contributed by atoms with Crippen LogP contribution in [0.25, 0.3) is 0 Å². The Bertz CT molecular complexity index is 653. The van der Waals surface area contributed by atoms with E-state index in [1.807, 2.05) is 0 Å². The van der Waals surface area contributed by atoms with E-state index in [2.05, 4.69) is 9.44 Å². The van der Waals surface area contributed by atoms with Crippen LogP contribution in [0.15, 0.2) is 23.1 Å². The van der Waals surface area contributed by atoms with Gasteiger partial charge in [-0.1, -0.05) is 0 Å². The minimum Gasteiger partial charge on any atom is -0.399 e. The fourth-order valence-corrected chi connectivity index (χ4v) is 3.03. The molecule has 0 unspecified atom stereocenters. The molecule has 0 aliphatic carbocycles. The van der Waals surface area contributed by atoms with E-state index in [0.29, 0.717) is 0 Å². The zero-order valence-corrected chi connectivity index (χ0v) is 12.4. The Morgan fingerprint density at radius 2 is 1.70 bits per heavy atom. The summed E-state index contributed by atoms with van der Waals surface area (Å²) < 4.78 is 62.8. The molecule has 1 aromatic rings. The van der Waals surface area contributed by atoms with Gasteiger partial charge in [-0.3, -0.25) is 0 Å². The van der Waals surface area contributed by atoms with Crippen molar-refractivity contribution < 1.29 is 21.2 Å². The van der Waals surface area contributed by atoms with Crippen LogP contribution in [0.1, 0.15) is 6.42 Å². The van der Waals surface area contributed by atoms with Crippen LogP contribution in [0, 0.1) is 5.82 Å². The third-order valence-corrected chi connectivity index (χ3v) is 4.38. The SMILES string of the molecule is CS(=O)(=O)NCCCNS(=O)(=O)c1cc(N)cc(F)c1. The predicted molar refractivity (Wildman–Crippen MR) is 73.5 cm³/mol. The molecule has 0 aromatic heterocycles. The van der Waals surface area contributed by atoms with E-state index in [9.17, 15) is 21.2 Å². The summed E-state index contributed by atoms with van der Waals surface area (Å²) >= 11 is 0. The lowest BCUT2D eigenvalue weighted by Gasteiger charge is -2.08. The first-order valence-electron chi connectivity index (χ1n) is 5.60. The number of anilines is 1. The maximum atomic E-state index is 13.1. The fraction of sp³-hybridized carbons (Fsp3) is 0.400. The molecule has 20 heavy (non-hydrogen) atoms. The van der Waals surface area contributed by atoms with Crippen molar-refractivity contribution in [2.24, 2.45) is 0 Å². The number of nitrogen functional groups attached to an aromatic ring is 1. The van der Waals surface area contributed by atoms with Gasteiger partial charge in [0.25, 0.3) is 0 Å². The van der Waals surface area contributed by atoms with Crippen molar-refractivity contribution in [2.45, 2.75) is 11.3 Å². The van der Waals surface area contributed by atoms with Crippen molar-refractivity contribution in [1.82, 2.24) is 9.44 Å². The standard InChI is InChI=1S/C10H16FN3O4S2/c1-19(15,16)13-3-2-4-14-20(17,18)10-6-8(11)5-9(12)7-10/h5-7,13-14H,2-4,12H2,1H3. The van der Waals surface area contributed by atoms with Crippen LogP contribution in [0.4, 0.5) is 10.1 Å². The number of sulfonamides is 2. The lowest BCUT2D eigenvalue weighted by molar-refractivity contribution is 0.572. The molecule has 10 heteroatoms. The summed E-state index contributed by atoms with van der Waals surface area (Å²) in [7, 11) is -7.17. The summed E-state index contributed by atoms with van der Waals surface area (Å²) in [5.41, 5.74) is 5.38. The summed E-state index contributed by atoms with van der Waals surface area (Å²) in [5, 5.41) is 0. The minimum atomic E-state index is -3.87. The van der Waals surface area contributed by atoms with E-state index in [0.717, 1.165) is 24.5 Å². The van der Waals surface area contributed by atoms with Gasteiger partial charge in [0.15, 0.2) is 0 Å². The van der Waals surface area contributed by atoms with Gasteiger partial charge in [0, 0.05) is 18.8 Å². The lowest BCUT2D eigenvalue weighted by atomic mass is 10.3. The number of benzene rings is 1. The zero-order valence-electron chi connectivity index (χ0n) is 10.8. The third kappa shape index (κ3) is 5.82. The van der Waals surface area contributed by atoms with Gasteiger partial charge in [-0.05, 0) is 24.6 Å². The number of halogens is 1. The van der Waals surface area contributed by atoms with Gasteiger partial charge in [0.05, 0.1) is 11.2 Å². The molecule has 0 bridgehead atoms. The molecule has 1 rings (SSSR count). The van der Waals surface area contributed by atoms with E-state index in [1.54, 1.807) is 0 Å². The lowest BCUT2D eigenvalue weighted by Crippen LogP contribution is -2.29. The molecule has 7 nitrogen and oxygen atoms in total. The molecule has 1 aromatic carbocycles. The van der Waals surface area contributed by atoms with Crippen molar-refractivity contribution in [3.8, 4) is 0 Å². The molecule has 0 aliphatic rings. The zero-order chi connectivity index (χ0) is 15.4. The first-order valence-corrected chi connectivity index (χ1v) is 8.98. The van der Waals surface area contributed by atoms with Crippen molar-refractivity contribution >= 4 is 25.7 Å². The van der Waals surface area contributed by atoms with Crippen LogP contribution >= 0.6 is 0 Å². The number of nitrogens with two attached hydrogens (primary N) is 1. The van der Waals surface area contributed by atoms with Gasteiger partial charge in [0.1, 0.15) is 5.82 Å². The predicted octanol–water partition coefficient (Wildman–Crippen LogP) is -0.374. The summed E-state index contributed by atoms with van der Waals surface area (Å²) in [6, 6.07) is 3.00. The maximum absolute atomic E-state index is 13.1. The molecule has 0 radical (unpaired) electrons. The van der Waals surface area contributed by atoms with E-state index in [4.69, 9.17) is 5.73 Å². The smallest absolute Gasteiger partial charge is 0.240 e. The molecule has 0 spiro atoms. The third-order valence-electron chi connectivity index (χ3n) is 2.21. The van der Waals surface area contributed by atoms with Crippen LogP contribution in [-0.2, 0) is 20.0 Å². The summed E-state index contributed by atoms with van der Waals surface area (Å²) in [6.07, 6.45) is 1.27. The summed E-state index contributed by atoms with van der Waals surface area (Å²) in [4.78, 5) is -0.272.